The number of fused-ring (bicyclic) bond motifs is 1. The molecule has 1 aliphatic heterocycles. The summed E-state index contributed by atoms with van der Waals surface area (Å²) in [5.74, 6) is 0.173. The third kappa shape index (κ3) is 16.3. The maximum absolute atomic E-state index is 13.0. The molecule has 70 heavy (non-hydrogen) atoms. The molecule has 5 N–H and O–H groups in total. The average molecular weight is 1090 g/mol. The molecule has 0 spiro atoms. The first-order valence-electron chi connectivity index (χ1n) is 23.4. The predicted octanol–water partition coefficient (Wildman–Crippen LogP) is 8.93. The summed E-state index contributed by atoms with van der Waals surface area (Å²) in [6, 6.07) is 24.7. The maximum atomic E-state index is 13.0. The molecule has 0 bridgehead atoms. The van der Waals surface area contributed by atoms with Gasteiger partial charge in [0.1, 0.15) is 18.0 Å². The van der Waals surface area contributed by atoms with Crippen molar-refractivity contribution in [3.63, 3.8) is 0 Å². The second-order valence-electron chi connectivity index (χ2n) is 16.2. The Bertz CT molecular complexity index is 2680. The van der Waals surface area contributed by atoms with E-state index in [1.54, 1.807) is 26.0 Å². The van der Waals surface area contributed by atoms with Crippen LogP contribution in [0.2, 0.25) is 0 Å². The van der Waals surface area contributed by atoms with E-state index in [2.05, 4.69) is 57.9 Å². The quantitative estimate of drug-likeness (QED) is 0.0263. The van der Waals surface area contributed by atoms with Gasteiger partial charge in [-0.3, -0.25) is 24.2 Å². The number of nitrogens with one attached hydrogen (secondary N) is 3. The average Bonchev–Trinajstić information content (AvgIpc) is 3.64. The van der Waals surface area contributed by atoms with E-state index in [4.69, 9.17) is 24.7 Å². The largest absolute Gasteiger partial charge is 0.489 e. The SMILES string of the molecule is CC.CC(=Nc1ccc(C)cc1)c1c(C)nn(CCCC(=O)NCCc2ccc(C(=O)NCCOCCOCCOCCOc3c(Br)cc(/C=C4\C(=O)Nc5ccc(C)cc54)cc3Br)cc2)c(=O)c1N. The summed E-state index contributed by atoms with van der Waals surface area (Å²) < 4.78 is 25.6. The Morgan fingerprint density at radius 2 is 1.43 bits per heavy atom. The number of halogens is 2. The number of ether oxygens (including phenoxy) is 4. The van der Waals surface area contributed by atoms with Gasteiger partial charge in [-0.15, -0.1) is 0 Å². The number of aryl methyl sites for hydroxylation is 4. The van der Waals surface area contributed by atoms with E-state index in [0.717, 1.165) is 48.1 Å². The van der Waals surface area contributed by atoms with Crippen LogP contribution in [0.25, 0.3) is 11.6 Å². The predicted molar refractivity (Wildman–Crippen MR) is 284 cm³/mol. The van der Waals surface area contributed by atoms with Crippen molar-refractivity contribution in [3.8, 4) is 5.75 Å². The van der Waals surface area contributed by atoms with Crippen LogP contribution in [-0.4, -0.2) is 92.6 Å². The van der Waals surface area contributed by atoms with Crippen LogP contribution in [0.1, 0.15) is 83.0 Å². The van der Waals surface area contributed by atoms with Gasteiger partial charge in [-0.2, -0.15) is 5.10 Å². The number of rotatable bonds is 24. The molecule has 6 rings (SSSR count). The third-order valence-corrected chi connectivity index (χ3v) is 12.0. The van der Waals surface area contributed by atoms with Gasteiger partial charge in [0.2, 0.25) is 5.91 Å². The molecule has 1 aromatic heterocycles. The van der Waals surface area contributed by atoms with Crippen LogP contribution in [0.15, 0.2) is 97.6 Å². The second-order valence-corrected chi connectivity index (χ2v) is 17.9. The van der Waals surface area contributed by atoms with Crippen LogP contribution in [0.5, 0.6) is 5.75 Å². The van der Waals surface area contributed by atoms with Gasteiger partial charge in [-0.25, -0.2) is 4.68 Å². The first kappa shape index (κ1) is 55.0. The van der Waals surface area contributed by atoms with Crippen molar-refractivity contribution in [1.82, 2.24) is 20.4 Å². The van der Waals surface area contributed by atoms with Crippen LogP contribution < -0.4 is 32.0 Å². The standard InChI is InChI=1S/C51H57Br2N7O8.C2H6/c1-32-7-14-39(15-8-32)57-34(3)46-35(4)59-60(51(64)47(46)54)20-5-6-45(61)55-18-17-36-10-12-38(13-11-36)49(62)56-19-21-65-22-23-66-24-25-67-26-27-68-48-42(52)30-37(31-43(48)53)29-41-40-28-33(2)9-16-44(40)58-50(41)63;1-2/h7-16,28-31H,5-6,17-27,54H2,1-4H3,(H,55,61)(H,56,62)(H,58,63);1-2H3/b41-29-,57-34?;. The van der Waals surface area contributed by atoms with E-state index in [-0.39, 0.29) is 36.4 Å². The summed E-state index contributed by atoms with van der Waals surface area (Å²) >= 11 is 7.18. The molecule has 0 saturated heterocycles. The molecule has 0 saturated carbocycles. The van der Waals surface area contributed by atoms with E-state index in [9.17, 15) is 19.2 Å². The number of anilines is 2. The summed E-state index contributed by atoms with van der Waals surface area (Å²) in [6.45, 7) is 15.2. The first-order valence-corrected chi connectivity index (χ1v) is 25.0. The van der Waals surface area contributed by atoms with Gasteiger partial charge in [0, 0.05) is 59.7 Å². The molecule has 3 amide bonds. The fraction of sp³-hybridized carbons (Fsp3) is 0.358. The third-order valence-electron chi connectivity index (χ3n) is 10.8. The Kier molecular flexibility index (Phi) is 22.0. The van der Waals surface area contributed by atoms with Crippen molar-refractivity contribution in [2.75, 3.05) is 70.4 Å². The van der Waals surface area contributed by atoms with Gasteiger partial charge in [0.25, 0.3) is 17.4 Å². The normalized spacial score (nSPS) is 12.5. The van der Waals surface area contributed by atoms with Crippen LogP contribution in [0.4, 0.5) is 17.1 Å². The number of hydrogen-bond acceptors (Lipinski definition) is 11. The summed E-state index contributed by atoms with van der Waals surface area (Å²) in [5.41, 5.74) is 15.3. The van der Waals surface area contributed by atoms with Crippen molar-refractivity contribution in [2.24, 2.45) is 4.99 Å². The monoisotopic (exact) mass is 1080 g/mol. The Hall–Kier alpha value is -5.98. The van der Waals surface area contributed by atoms with Crippen molar-refractivity contribution in [1.29, 1.82) is 0 Å². The smallest absolute Gasteiger partial charge is 0.290 e. The number of nitrogen functional groups attached to an aromatic ring is 1. The molecule has 0 aliphatic carbocycles. The number of aromatic nitrogens is 2. The minimum atomic E-state index is -0.410. The van der Waals surface area contributed by atoms with E-state index >= 15 is 0 Å². The lowest BCUT2D eigenvalue weighted by molar-refractivity contribution is -0.121. The fourth-order valence-corrected chi connectivity index (χ4v) is 8.79. The molecular formula is C53H63Br2N7O8. The number of carbonyl (C=O) groups is 3. The zero-order valence-electron chi connectivity index (χ0n) is 40.7. The van der Waals surface area contributed by atoms with E-state index in [1.807, 2.05) is 101 Å². The molecule has 1 aliphatic rings. The number of aliphatic imine (C=N–C) groups is 1. The highest BCUT2D eigenvalue weighted by Gasteiger charge is 2.24. The summed E-state index contributed by atoms with van der Waals surface area (Å²) in [7, 11) is 0. The van der Waals surface area contributed by atoms with Crippen LogP contribution in [-0.2, 0) is 36.8 Å². The molecule has 0 radical (unpaired) electrons. The molecule has 5 aromatic rings. The minimum absolute atomic E-state index is 0.0854. The Morgan fingerprint density at radius 1 is 0.800 bits per heavy atom. The van der Waals surface area contributed by atoms with Crippen molar-refractivity contribution >= 4 is 84.0 Å². The summed E-state index contributed by atoms with van der Waals surface area (Å²) in [5, 5.41) is 13.1. The second kappa shape index (κ2) is 28.0. The van der Waals surface area contributed by atoms with E-state index in [1.165, 1.54) is 4.68 Å². The maximum Gasteiger partial charge on any atom is 0.290 e. The van der Waals surface area contributed by atoms with Crippen LogP contribution in [0, 0.1) is 20.8 Å². The Labute approximate surface area is 426 Å². The van der Waals surface area contributed by atoms with Crippen molar-refractivity contribution in [3.05, 3.63) is 143 Å². The zero-order chi connectivity index (χ0) is 50.6. The molecule has 15 nitrogen and oxygen atoms in total. The van der Waals surface area contributed by atoms with Gasteiger partial charge in [0.15, 0.2) is 0 Å². The minimum Gasteiger partial charge on any atom is -0.489 e. The van der Waals surface area contributed by atoms with Gasteiger partial charge in [-0.1, -0.05) is 55.3 Å². The van der Waals surface area contributed by atoms with Crippen molar-refractivity contribution < 1.29 is 33.3 Å². The zero-order valence-corrected chi connectivity index (χ0v) is 43.9. The van der Waals surface area contributed by atoms with Crippen LogP contribution >= 0.6 is 31.9 Å². The van der Waals surface area contributed by atoms with Gasteiger partial charge >= 0.3 is 0 Å². The van der Waals surface area contributed by atoms with Gasteiger partial charge in [-0.05, 0) is 138 Å². The number of nitrogens with two attached hydrogens (primary N) is 1. The highest BCUT2D eigenvalue weighted by Crippen LogP contribution is 2.38. The lowest BCUT2D eigenvalue weighted by Gasteiger charge is -2.13. The molecule has 4 aromatic carbocycles. The van der Waals surface area contributed by atoms with E-state index < -0.39 is 5.56 Å². The lowest BCUT2D eigenvalue weighted by atomic mass is 10.0. The molecule has 0 unspecified atom stereocenters. The van der Waals surface area contributed by atoms with Crippen molar-refractivity contribution in [2.45, 2.75) is 67.3 Å². The molecule has 372 valence electrons. The Balaban J connectivity index is 0.00000450. The number of hydrogen-bond donors (Lipinski definition) is 4. The molecular weight excluding hydrogens is 1020 g/mol. The molecule has 2 heterocycles. The molecule has 0 atom stereocenters. The van der Waals surface area contributed by atoms with E-state index in [0.29, 0.717) is 106 Å². The molecule has 17 heteroatoms. The molecule has 0 fully saturated rings. The first-order chi connectivity index (χ1) is 33.8. The number of amides is 3. The Morgan fingerprint density at radius 3 is 2.10 bits per heavy atom. The lowest BCUT2D eigenvalue weighted by Crippen LogP contribution is -2.30. The van der Waals surface area contributed by atoms with Gasteiger partial charge in [0.05, 0.1) is 60.0 Å². The highest BCUT2D eigenvalue weighted by molar-refractivity contribution is 9.11. The van der Waals surface area contributed by atoms with Gasteiger partial charge < -0.3 is 40.6 Å². The summed E-state index contributed by atoms with van der Waals surface area (Å²) in [4.78, 5) is 55.4. The topological polar surface area (TPSA) is 197 Å². The fourth-order valence-electron chi connectivity index (χ4n) is 7.34. The highest BCUT2D eigenvalue weighted by atomic mass is 79.9. The van der Waals surface area contributed by atoms with Crippen LogP contribution in [0.3, 0.4) is 0 Å². The number of benzene rings is 4. The number of nitrogens with zero attached hydrogens (tertiary/aromatic N) is 3. The number of carbonyl (C=O) groups excluding carboxylic acids is 3. The summed E-state index contributed by atoms with van der Waals surface area (Å²) in [6.07, 6.45) is 3.10.